The molecule has 3 aromatic heterocycles. The molecule has 0 aromatic carbocycles. The van der Waals surface area contributed by atoms with Gasteiger partial charge in [-0.05, 0) is 47.3 Å². The van der Waals surface area contributed by atoms with Crippen LogP contribution in [0.4, 0.5) is 27.6 Å². The number of rotatable bonds is 6. The second-order valence-electron chi connectivity index (χ2n) is 7.54. The molecule has 0 bridgehead atoms. The van der Waals surface area contributed by atoms with Crippen LogP contribution >= 0.6 is 27.3 Å². The molecule has 1 aliphatic carbocycles. The molecule has 33 heavy (non-hydrogen) atoms. The molecule has 1 fully saturated rings. The standard InChI is InChI=1S/C19H15BrF5N5O2S/c1-6-4-8(19(23,24)25)27-18-10(6)12(15(33-18)17(26)32)28-9(31)5-30-14(7-2-3-7)11(20)13(29-30)16(21)22/h4,7,16H,2-3,5H2,1H3,(H2,26,32)(H,28,31). The smallest absolute Gasteiger partial charge is 0.365 e. The largest absolute Gasteiger partial charge is 0.433 e. The molecular weight excluding hydrogens is 537 g/mol. The minimum absolute atomic E-state index is 0.0115. The van der Waals surface area contributed by atoms with E-state index < -0.39 is 42.3 Å². The van der Waals surface area contributed by atoms with Crippen molar-refractivity contribution in [2.45, 2.75) is 44.8 Å². The summed E-state index contributed by atoms with van der Waals surface area (Å²) >= 11 is 3.76. The number of primary amides is 1. The molecule has 3 N–H and O–H groups in total. The topological polar surface area (TPSA) is 103 Å². The summed E-state index contributed by atoms with van der Waals surface area (Å²) in [5.41, 5.74) is 4.28. The number of amides is 2. The minimum Gasteiger partial charge on any atom is -0.365 e. The Labute approximate surface area is 195 Å². The van der Waals surface area contributed by atoms with Crippen LogP contribution in [0.15, 0.2) is 10.5 Å². The van der Waals surface area contributed by atoms with E-state index in [9.17, 15) is 31.5 Å². The van der Waals surface area contributed by atoms with E-state index in [1.54, 1.807) is 0 Å². The van der Waals surface area contributed by atoms with Gasteiger partial charge >= 0.3 is 6.18 Å². The Morgan fingerprint density at radius 1 is 1.36 bits per heavy atom. The fourth-order valence-corrected chi connectivity index (χ4v) is 5.35. The normalized spacial score (nSPS) is 14.3. The van der Waals surface area contributed by atoms with E-state index in [1.165, 1.54) is 11.6 Å². The number of anilines is 1. The van der Waals surface area contributed by atoms with E-state index in [0.717, 1.165) is 18.9 Å². The van der Waals surface area contributed by atoms with Crippen LogP contribution in [0.1, 0.15) is 57.5 Å². The van der Waals surface area contributed by atoms with Crippen LogP contribution in [0.2, 0.25) is 0 Å². The highest BCUT2D eigenvalue weighted by atomic mass is 79.9. The van der Waals surface area contributed by atoms with Crippen molar-refractivity contribution >= 4 is 55.0 Å². The number of halogens is 6. The summed E-state index contributed by atoms with van der Waals surface area (Å²) in [6, 6.07) is 0.806. The summed E-state index contributed by atoms with van der Waals surface area (Å²) in [7, 11) is 0. The molecule has 1 aliphatic rings. The molecule has 2 amide bonds. The summed E-state index contributed by atoms with van der Waals surface area (Å²) in [5.74, 6) is -1.68. The Kier molecular flexibility index (Phi) is 5.93. The van der Waals surface area contributed by atoms with Gasteiger partial charge in [0.1, 0.15) is 27.6 Å². The molecular formula is C19H15BrF5N5O2S. The molecule has 3 heterocycles. The third-order valence-corrected chi connectivity index (χ3v) is 6.97. The number of pyridine rings is 1. The number of nitrogens with two attached hydrogens (primary N) is 1. The first-order valence-corrected chi connectivity index (χ1v) is 11.1. The number of hydrogen-bond donors (Lipinski definition) is 2. The third kappa shape index (κ3) is 4.45. The van der Waals surface area contributed by atoms with E-state index in [1.807, 2.05) is 0 Å². The lowest BCUT2D eigenvalue weighted by molar-refractivity contribution is -0.141. The molecule has 0 radical (unpaired) electrons. The quantitative estimate of drug-likeness (QED) is 0.414. The maximum Gasteiger partial charge on any atom is 0.433 e. The van der Waals surface area contributed by atoms with Gasteiger partial charge in [0.25, 0.3) is 12.3 Å². The predicted octanol–water partition coefficient (Wildman–Crippen LogP) is 5.14. The first-order chi connectivity index (χ1) is 15.4. The van der Waals surface area contributed by atoms with Gasteiger partial charge in [0.15, 0.2) is 0 Å². The molecule has 0 aliphatic heterocycles. The Morgan fingerprint density at radius 3 is 2.58 bits per heavy atom. The average Bonchev–Trinajstić information content (AvgIpc) is 3.37. The van der Waals surface area contributed by atoms with Crippen LogP contribution in [0.3, 0.4) is 0 Å². The highest BCUT2D eigenvalue weighted by Gasteiger charge is 2.35. The summed E-state index contributed by atoms with van der Waals surface area (Å²) < 4.78 is 67.3. The second kappa shape index (κ2) is 8.31. The molecule has 0 unspecified atom stereocenters. The lowest BCUT2D eigenvalue weighted by Gasteiger charge is -2.11. The first kappa shape index (κ1) is 23.5. The van der Waals surface area contributed by atoms with Crippen LogP contribution < -0.4 is 11.1 Å². The maximum atomic E-state index is 13.3. The predicted molar refractivity (Wildman–Crippen MR) is 113 cm³/mol. The van der Waals surface area contributed by atoms with Crippen molar-refractivity contribution in [2.75, 3.05) is 5.32 Å². The molecule has 0 spiro atoms. The van der Waals surface area contributed by atoms with Gasteiger partial charge in [0.2, 0.25) is 5.91 Å². The molecule has 4 rings (SSSR count). The van der Waals surface area contributed by atoms with Crippen molar-refractivity contribution in [3.8, 4) is 0 Å². The Hall–Kier alpha value is -2.61. The number of aryl methyl sites for hydroxylation is 1. The number of fused-ring (bicyclic) bond motifs is 1. The van der Waals surface area contributed by atoms with Crippen LogP contribution in [0, 0.1) is 6.92 Å². The fraction of sp³-hybridized carbons (Fsp3) is 0.368. The van der Waals surface area contributed by atoms with Gasteiger partial charge < -0.3 is 11.1 Å². The lowest BCUT2D eigenvalue weighted by atomic mass is 10.1. The molecule has 3 aromatic rings. The Morgan fingerprint density at radius 2 is 2.03 bits per heavy atom. The zero-order chi connectivity index (χ0) is 24.2. The van der Waals surface area contributed by atoms with Gasteiger partial charge in [-0.2, -0.15) is 18.3 Å². The van der Waals surface area contributed by atoms with Crippen molar-refractivity contribution in [1.82, 2.24) is 14.8 Å². The minimum atomic E-state index is -4.70. The average molecular weight is 552 g/mol. The van der Waals surface area contributed by atoms with E-state index in [0.29, 0.717) is 17.0 Å². The van der Waals surface area contributed by atoms with Crippen molar-refractivity contribution in [3.63, 3.8) is 0 Å². The second-order valence-corrected chi connectivity index (χ2v) is 9.33. The summed E-state index contributed by atoms with van der Waals surface area (Å²) in [4.78, 5) is 28.0. The van der Waals surface area contributed by atoms with E-state index >= 15 is 0 Å². The van der Waals surface area contributed by atoms with Crippen LogP contribution in [-0.4, -0.2) is 26.6 Å². The molecule has 176 valence electrons. The zero-order valence-corrected chi connectivity index (χ0v) is 19.2. The fourth-order valence-electron chi connectivity index (χ4n) is 3.51. The van der Waals surface area contributed by atoms with E-state index in [-0.39, 0.29) is 36.7 Å². The number of aromatic nitrogens is 3. The number of nitrogens with zero attached hydrogens (tertiary/aromatic N) is 3. The number of nitrogens with one attached hydrogen (secondary N) is 1. The van der Waals surface area contributed by atoms with Gasteiger partial charge in [-0.3, -0.25) is 14.3 Å². The van der Waals surface area contributed by atoms with Gasteiger partial charge in [-0.25, -0.2) is 13.8 Å². The highest BCUT2D eigenvalue weighted by Crippen LogP contribution is 2.46. The van der Waals surface area contributed by atoms with Gasteiger partial charge in [0.05, 0.1) is 15.9 Å². The van der Waals surface area contributed by atoms with Crippen molar-refractivity contribution in [3.05, 3.63) is 38.1 Å². The Bertz CT molecular complexity index is 1280. The number of carbonyl (C=O) groups is 2. The summed E-state index contributed by atoms with van der Waals surface area (Å²) in [5, 5.41) is 6.49. The number of hydrogen-bond acceptors (Lipinski definition) is 5. The van der Waals surface area contributed by atoms with Crippen LogP contribution in [0.25, 0.3) is 10.2 Å². The number of alkyl halides is 5. The number of thiophene rings is 1. The monoisotopic (exact) mass is 551 g/mol. The molecule has 0 atom stereocenters. The zero-order valence-electron chi connectivity index (χ0n) is 16.8. The van der Waals surface area contributed by atoms with Gasteiger partial charge in [-0.1, -0.05) is 0 Å². The van der Waals surface area contributed by atoms with Gasteiger partial charge in [0, 0.05) is 11.3 Å². The van der Waals surface area contributed by atoms with Crippen LogP contribution in [0.5, 0.6) is 0 Å². The van der Waals surface area contributed by atoms with E-state index in [4.69, 9.17) is 5.73 Å². The Balaban J connectivity index is 1.71. The summed E-state index contributed by atoms with van der Waals surface area (Å²) in [6.07, 6.45) is -6.02. The lowest BCUT2D eigenvalue weighted by Crippen LogP contribution is -2.22. The van der Waals surface area contributed by atoms with Crippen molar-refractivity contribution < 1.29 is 31.5 Å². The molecule has 0 saturated heterocycles. The maximum absolute atomic E-state index is 13.3. The van der Waals surface area contributed by atoms with Gasteiger partial charge in [-0.15, -0.1) is 11.3 Å². The van der Waals surface area contributed by atoms with Crippen molar-refractivity contribution in [2.24, 2.45) is 5.73 Å². The SMILES string of the molecule is Cc1cc(C(F)(F)F)nc2sc(C(N)=O)c(NC(=O)Cn3nc(C(F)F)c(Br)c3C3CC3)c12. The molecule has 7 nitrogen and oxygen atoms in total. The van der Waals surface area contributed by atoms with Crippen LogP contribution in [-0.2, 0) is 17.5 Å². The molecule has 1 saturated carbocycles. The summed E-state index contributed by atoms with van der Waals surface area (Å²) in [6.45, 7) is 0.941. The van der Waals surface area contributed by atoms with E-state index in [2.05, 4.69) is 31.3 Å². The number of carbonyl (C=O) groups excluding carboxylic acids is 2. The first-order valence-electron chi connectivity index (χ1n) is 9.53. The highest BCUT2D eigenvalue weighted by molar-refractivity contribution is 9.10. The molecule has 14 heteroatoms. The third-order valence-electron chi connectivity index (χ3n) is 5.06. The van der Waals surface area contributed by atoms with Crippen molar-refractivity contribution in [1.29, 1.82) is 0 Å².